The minimum atomic E-state index is -4.51. The molecule has 2 nitrogen and oxygen atoms in total. The molecular formula is C4H3Cl3F3NO. The number of amides is 1. The normalized spacial score (nSPS) is 12.8. The first-order valence-corrected chi connectivity index (χ1v) is 3.68. The Kier molecular flexibility index (Phi) is 3.93. The fourth-order valence-corrected chi connectivity index (χ4v) is 0.481. The summed E-state index contributed by atoms with van der Waals surface area (Å²) in [6, 6.07) is 0. The summed E-state index contributed by atoms with van der Waals surface area (Å²) in [4.78, 5) is 10.5. The third-order valence-electron chi connectivity index (χ3n) is 0.707. The lowest BCUT2D eigenvalue weighted by atomic mass is 10.6. The van der Waals surface area contributed by atoms with Crippen molar-refractivity contribution < 1.29 is 18.0 Å². The highest BCUT2D eigenvalue weighted by atomic mass is 35.6. The quantitative estimate of drug-likeness (QED) is 0.703. The zero-order chi connectivity index (χ0) is 9.99. The Hall–Kier alpha value is 0.130. The molecular weight excluding hydrogens is 241 g/mol. The molecule has 0 heterocycles. The van der Waals surface area contributed by atoms with Gasteiger partial charge in [0.1, 0.15) is 6.54 Å². The topological polar surface area (TPSA) is 29.1 Å². The molecule has 0 radical (unpaired) electrons. The standard InChI is InChI=1S/C4H3Cl3F3NO/c5-4(6,7)2(12)11-1-3(8,9)10/h1H2,(H,11,12). The van der Waals surface area contributed by atoms with Crippen LogP contribution in [-0.2, 0) is 4.79 Å². The van der Waals surface area contributed by atoms with Gasteiger partial charge < -0.3 is 5.32 Å². The molecule has 8 heteroatoms. The van der Waals surface area contributed by atoms with Crippen molar-refractivity contribution in [2.24, 2.45) is 0 Å². The van der Waals surface area contributed by atoms with E-state index in [0.717, 1.165) is 0 Å². The molecule has 1 N–H and O–H groups in total. The van der Waals surface area contributed by atoms with Crippen LogP contribution < -0.4 is 5.32 Å². The van der Waals surface area contributed by atoms with Crippen LogP contribution in [0.3, 0.4) is 0 Å². The molecule has 0 atom stereocenters. The summed E-state index contributed by atoms with van der Waals surface area (Å²) in [5.74, 6) is -1.30. The highest BCUT2D eigenvalue weighted by Crippen LogP contribution is 2.26. The summed E-state index contributed by atoms with van der Waals surface area (Å²) in [5.41, 5.74) is 0. The fourth-order valence-electron chi connectivity index (χ4n) is 0.281. The van der Waals surface area contributed by atoms with Crippen molar-refractivity contribution in [3.63, 3.8) is 0 Å². The summed E-state index contributed by atoms with van der Waals surface area (Å²) in [7, 11) is 0. The molecule has 0 saturated carbocycles. The molecule has 12 heavy (non-hydrogen) atoms. The SMILES string of the molecule is O=C(NCC(F)(F)F)C(Cl)(Cl)Cl. The van der Waals surface area contributed by atoms with Crippen LogP contribution in [-0.4, -0.2) is 22.4 Å². The second kappa shape index (κ2) is 3.89. The van der Waals surface area contributed by atoms with Gasteiger partial charge in [-0.1, -0.05) is 34.8 Å². The van der Waals surface area contributed by atoms with Gasteiger partial charge in [0.2, 0.25) is 0 Å². The maximum atomic E-state index is 11.5. The molecule has 0 aromatic heterocycles. The summed E-state index contributed by atoms with van der Waals surface area (Å²) >= 11 is 14.9. The van der Waals surface area contributed by atoms with Crippen LogP contribution in [0.4, 0.5) is 13.2 Å². The van der Waals surface area contributed by atoms with Gasteiger partial charge in [0, 0.05) is 0 Å². The maximum absolute atomic E-state index is 11.5. The van der Waals surface area contributed by atoms with Gasteiger partial charge >= 0.3 is 6.18 Å². The number of hydrogen-bond acceptors (Lipinski definition) is 1. The lowest BCUT2D eigenvalue weighted by Gasteiger charge is -2.12. The molecule has 0 aliphatic carbocycles. The van der Waals surface area contributed by atoms with Gasteiger partial charge in [-0.15, -0.1) is 0 Å². The van der Waals surface area contributed by atoms with Gasteiger partial charge in [0.15, 0.2) is 0 Å². The monoisotopic (exact) mass is 243 g/mol. The van der Waals surface area contributed by atoms with E-state index in [1.165, 1.54) is 5.32 Å². The van der Waals surface area contributed by atoms with E-state index in [0.29, 0.717) is 0 Å². The first kappa shape index (κ1) is 12.1. The predicted octanol–water partition coefficient (Wildman–Crippen LogP) is 2.04. The van der Waals surface area contributed by atoms with Crippen molar-refractivity contribution in [2.75, 3.05) is 6.54 Å². The minimum Gasteiger partial charge on any atom is -0.343 e. The van der Waals surface area contributed by atoms with Gasteiger partial charge in [-0.2, -0.15) is 13.2 Å². The zero-order valence-electron chi connectivity index (χ0n) is 5.38. The molecule has 0 aromatic carbocycles. The van der Waals surface area contributed by atoms with Crippen LogP contribution in [0.5, 0.6) is 0 Å². The van der Waals surface area contributed by atoms with Gasteiger partial charge in [0.05, 0.1) is 0 Å². The van der Waals surface area contributed by atoms with Crippen LogP contribution in [0.2, 0.25) is 0 Å². The molecule has 0 aromatic rings. The number of alkyl halides is 6. The Morgan fingerprint density at radius 2 is 1.67 bits per heavy atom. The molecule has 0 bridgehead atoms. The molecule has 72 valence electrons. The van der Waals surface area contributed by atoms with Crippen molar-refractivity contribution in [3.05, 3.63) is 0 Å². The lowest BCUT2D eigenvalue weighted by Crippen LogP contribution is -2.40. The molecule has 0 aliphatic heterocycles. The molecule has 0 unspecified atom stereocenters. The Bertz CT molecular complexity index is 175. The van der Waals surface area contributed by atoms with Crippen LogP contribution in [0.1, 0.15) is 0 Å². The number of rotatable bonds is 1. The summed E-state index contributed by atoms with van der Waals surface area (Å²) < 4.78 is 32.0. The van der Waals surface area contributed by atoms with Crippen LogP contribution in [0.15, 0.2) is 0 Å². The molecule has 0 spiro atoms. The first-order valence-electron chi connectivity index (χ1n) is 2.55. The van der Waals surface area contributed by atoms with Crippen molar-refractivity contribution in [2.45, 2.75) is 9.97 Å². The molecule has 0 saturated heterocycles. The third kappa shape index (κ3) is 5.74. The van der Waals surface area contributed by atoms with Crippen LogP contribution in [0, 0.1) is 0 Å². The van der Waals surface area contributed by atoms with Crippen molar-refractivity contribution >= 4 is 40.7 Å². The third-order valence-corrected chi connectivity index (χ3v) is 1.22. The van der Waals surface area contributed by atoms with E-state index in [9.17, 15) is 18.0 Å². The maximum Gasteiger partial charge on any atom is 0.405 e. The Balaban J connectivity index is 3.90. The summed E-state index contributed by atoms with van der Waals surface area (Å²) in [6.07, 6.45) is -4.51. The zero-order valence-corrected chi connectivity index (χ0v) is 7.65. The van der Waals surface area contributed by atoms with Gasteiger partial charge in [-0.05, 0) is 0 Å². The second-order valence-electron chi connectivity index (χ2n) is 1.80. The minimum absolute atomic E-state index is 1.30. The van der Waals surface area contributed by atoms with E-state index in [4.69, 9.17) is 34.8 Å². The lowest BCUT2D eigenvalue weighted by molar-refractivity contribution is -0.137. The van der Waals surface area contributed by atoms with Crippen LogP contribution in [0.25, 0.3) is 0 Å². The Morgan fingerprint density at radius 3 is 1.92 bits per heavy atom. The Labute approximate surface area is 81.0 Å². The highest BCUT2D eigenvalue weighted by molar-refractivity contribution is 6.76. The molecule has 0 rings (SSSR count). The molecule has 1 amide bonds. The number of nitrogens with one attached hydrogen (secondary N) is 1. The average molecular weight is 244 g/mol. The number of carbonyl (C=O) groups is 1. The van der Waals surface area contributed by atoms with E-state index < -0.39 is 22.4 Å². The Morgan fingerprint density at radius 1 is 1.25 bits per heavy atom. The predicted molar refractivity (Wildman–Crippen MR) is 39.4 cm³/mol. The van der Waals surface area contributed by atoms with E-state index in [1.54, 1.807) is 0 Å². The van der Waals surface area contributed by atoms with E-state index >= 15 is 0 Å². The highest BCUT2D eigenvalue weighted by Gasteiger charge is 2.34. The van der Waals surface area contributed by atoms with Gasteiger partial charge in [0.25, 0.3) is 9.70 Å². The van der Waals surface area contributed by atoms with E-state index in [-0.39, 0.29) is 0 Å². The number of hydrogen-bond donors (Lipinski definition) is 1. The van der Waals surface area contributed by atoms with Gasteiger partial charge in [-0.3, -0.25) is 4.79 Å². The van der Waals surface area contributed by atoms with Crippen LogP contribution >= 0.6 is 34.8 Å². The smallest absolute Gasteiger partial charge is 0.343 e. The van der Waals surface area contributed by atoms with Crippen molar-refractivity contribution in [1.82, 2.24) is 5.32 Å². The summed E-state index contributed by atoms with van der Waals surface area (Å²) in [5, 5.41) is 1.40. The van der Waals surface area contributed by atoms with Crippen molar-refractivity contribution in [3.8, 4) is 0 Å². The largest absolute Gasteiger partial charge is 0.405 e. The summed E-state index contributed by atoms with van der Waals surface area (Å²) in [6.45, 7) is -1.51. The number of carbonyl (C=O) groups excluding carboxylic acids is 1. The van der Waals surface area contributed by atoms with Gasteiger partial charge in [-0.25, -0.2) is 0 Å². The fraction of sp³-hybridized carbons (Fsp3) is 0.750. The number of halogens is 6. The first-order chi connectivity index (χ1) is 5.13. The van der Waals surface area contributed by atoms with E-state index in [1.807, 2.05) is 0 Å². The molecule has 0 fully saturated rings. The van der Waals surface area contributed by atoms with Crippen molar-refractivity contribution in [1.29, 1.82) is 0 Å². The van der Waals surface area contributed by atoms with E-state index in [2.05, 4.69) is 0 Å². The molecule has 0 aliphatic rings. The second-order valence-corrected chi connectivity index (χ2v) is 4.08. The average Bonchev–Trinajstić information content (AvgIpc) is 1.78.